The van der Waals surface area contributed by atoms with E-state index in [-0.39, 0.29) is 0 Å². The van der Waals surface area contributed by atoms with Crippen LogP contribution in [0.3, 0.4) is 0 Å². The van der Waals surface area contributed by atoms with E-state index in [2.05, 4.69) is 15.5 Å². The van der Waals surface area contributed by atoms with Crippen LogP contribution in [0.15, 0.2) is 71.8 Å². The van der Waals surface area contributed by atoms with E-state index in [0.717, 1.165) is 11.1 Å². The molecule has 5 nitrogen and oxygen atoms in total. The van der Waals surface area contributed by atoms with Gasteiger partial charge in [-0.3, -0.25) is 5.43 Å². The first-order valence-electron chi connectivity index (χ1n) is 8.01. The summed E-state index contributed by atoms with van der Waals surface area (Å²) in [6.45, 7) is 0.479. The zero-order valence-corrected chi connectivity index (χ0v) is 15.0. The summed E-state index contributed by atoms with van der Waals surface area (Å²) >= 11 is 5.84. The molecule has 26 heavy (non-hydrogen) atoms. The number of anilines is 1. The molecule has 0 amide bonds. The lowest BCUT2D eigenvalue weighted by molar-refractivity contribution is 0.284. The van der Waals surface area contributed by atoms with Crippen molar-refractivity contribution in [1.82, 2.24) is 4.98 Å². The predicted molar refractivity (Wildman–Crippen MR) is 104 cm³/mol. The number of rotatable bonds is 7. The average Bonchev–Trinajstić information content (AvgIpc) is 2.67. The molecule has 0 spiro atoms. The van der Waals surface area contributed by atoms with Crippen LogP contribution in [0.25, 0.3) is 0 Å². The predicted octanol–water partition coefficient (Wildman–Crippen LogP) is 4.77. The van der Waals surface area contributed by atoms with Crippen LogP contribution in [-0.2, 0) is 6.61 Å². The summed E-state index contributed by atoms with van der Waals surface area (Å²) in [5.41, 5.74) is 4.79. The van der Waals surface area contributed by atoms with Gasteiger partial charge in [-0.25, -0.2) is 4.98 Å². The quantitative estimate of drug-likeness (QED) is 0.371. The van der Waals surface area contributed by atoms with Crippen molar-refractivity contribution in [2.24, 2.45) is 5.10 Å². The van der Waals surface area contributed by atoms with Crippen LogP contribution in [0, 0.1) is 0 Å². The molecule has 3 aromatic rings. The van der Waals surface area contributed by atoms with Gasteiger partial charge in [-0.15, -0.1) is 0 Å². The van der Waals surface area contributed by atoms with Gasteiger partial charge in [-0.05, 0) is 41.5 Å². The van der Waals surface area contributed by atoms with Gasteiger partial charge in [-0.2, -0.15) is 5.10 Å². The first-order valence-corrected chi connectivity index (χ1v) is 8.39. The number of nitrogens with one attached hydrogen (secondary N) is 1. The third-order valence-electron chi connectivity index (χ3n) is 3.53. The molecule has 132 valence electrons. The molecule has 0 atom stereocenters. The van der Waals surface area contributed by atoms with Crippen LogP contribution in [0.4, 0.5) is 5.82 Å². The summed E-state index contributed by atoms with van der Waals surface area (Å²) in [6.07, 6.45) is 1.67. The second kappa shape index (κ2) is 8.87. The highest BCUT2D eigenvalue weighted by atomic mass is 35.5. The molecule has 0 aliphatic carbocycles. The van der Waals surface area contributed by atoms with E-state index in [4.69, 9.17) is 21.1 Å². The minimum atomic E-state index is 0.409. The van der Waals surface area contributed by atoms with Gasteiger partial charge in [-0.1, -0.05) is 48.0 Å². The zero-order chi connectivity index (χ0) is 18.2. The van der Waals surface area contributed by atoms with E-state index >= 15 is 0 Å². The highest BCUT2D eigenvalue weighted by molar-refractivity contribution is 6.29. The van der Waals surface area contributed by atoms with Gasteiger partial charge in [0.05, 0.1) is 13.3 Å². The fourth-order valence-corrected chi connectivity index (χ4v) is 2.43. The Morgan fingerprint density at radius 1 is 1.04 bits per heavy atom. The molecule has 0 saturated heterocycles. The summed E-state index contributed by atoms with van der Waals surface area (Å²) in [5, 5.41) is 4.57. The van der Waals surface area contributed by atoms with Gasteiger partial charge in [0.2, 0.25) is 0 Å². The number of nitrogens with zero attached hydrogens (tertiary/aromatic N) is 2. The third-order valence-corrected chi connectivity index (χ3v) is 3.74. The maximum absolute atomic E-state index is 5.85. The lowest BCUT2D eigenvalue weighted by Gasteiger charge is -2.11. The van der Waals surface area contributed by atoms with Crippen molar-refractivity contribution >= 4 is 23.6 Å². The van der Waals surface area contributed by atoms with Gasteiger partial charge in [0.25, 0.3) is 0 Å². The van der Waals surface area contributed by atoms with E-state index < -0.39 is 0 Å². The van der Waals surface area contributed by atoms with E-state index in [1.807, 2.05) is 48.5 Å². The smallest absolute Gasteiger partial charge is 0.161 e. The number of aromatic nitrogens is 1. The first-order chi connectivity index (χ1) is 12.7. The number of hydrogen-bond donors (Lipinski definition) is 1. The molecule has 1 N–H and O–H groups in total. The highest BCUT2D eigenvalue weighted by Crippen LogP contribution is 2.28. The number of pyridine rings is 1. The SMILES string of the molecule is COc1cc(/C=N\Nc2cccc(Cl)n2)ccc1OCc1ccccc1. The molecule has 6 heteroatoms. The highest BCUT2D eigenvalue weighted by Gasteiger charge is 2.05. The Bertz CT molecular complexity index is 885. The van der Waals surface area contributed by atoms with Crippen LogP contribution in [0.2, 0.25) is 5.15 Å². The zero-order valence-electron chi connectivity index (χ0n) is 14.2. The average molecular weight is 368 g/mol. The Balaban J connectivity index is 1.65. The van der Waals surface area contributed by atoms with E-state index in [1.165, 1.54) is 0 Å². The van der Waals surface area contributed by atoms with Gasteiger partial charge >= 0.3 is 0 Å². The Kier molecular flexibility index (Phi) is 6.06. The summed E-state index contributed by atoms with van der Waals surface area (Å²) in [5.74, 6) is 1.90. The summed E-state index contributed by atoms with van der Waals surface area (Å²) in [6, 6.07) is 20.9. The van der Waals surface area contributed by atoms with E-state index in [9.17, 15) is 0 Å². The Hall–Kier alpha value is -3.05. The summed E-state index contributed by atoms with van der Waals surface area (Å²) < 4.78 is 11.3. The second-order valence-electron chi connectivity index (χ2n) is 5.40. The lowest BCUT2D eigenvalue weighted by atomic mass is 10.2. The van der Waals surface area contributed by atoms with Crippen LogP contribution >= 0.6 is 11.6 Å². The fourth-order valence-electron chi connectivity index (χ4n) is 2.26. The number of hydrazone groups is 1. The minimum absolute atomic E-state index is 0.409. The van der Waals surface area contributed by atoms with Crippen molar-refractivity contribution in [3.63, 3.8) is 0 Å². The minimum Gasteiger partial charge on any atom is -0.493 e. The van der Waals surface area contributed by atoms with Crippen LogP contribution in [0.1, 0.15) is 11.1 Å². The molecule has 0 saturated carbocycles. The van der Waals surface area contributed by atoms with Crippen molar-refractivity contribution in [2.45, 2.75) is 6.61 Å². The monoisotopic (exact) mass is 367 g/mol. The maximum atomic E-state index is 5.85. The van der Waals surface area contributed by atoms with Gasteiger partial charge in [0.15, 0.2) is 11.5 Å². The standard InChI is InChI=1S/C20H18ClN3O2/c1-25-18-12-16(13-22-24-20-9-5-8-19(21)23-20)10-11-17(18)26-14-15-6-3-2-4-7-15/h2-13H,14H2,1H3,(H,23,24)/b22-13-. The van der Waals surface area contributed by atoms with Crippen molar-refractivity contribution in [2.75, 3.05) is 12.5 Å². The number of methoxy groups -OCH3 is 1. The van der Waals surface area contributed by atoms with Gasteiger partial charge < -0.3 is 9.47 Å². The Morgan fingerprint density at radius 2 is 1.88 bits per heavy atom. The van der Waals surface area contributed by atoms with Gasteiger partial charge in [0, 0.05) is 0 Å². The van der Waals surface area contributed by atoms with E-state index in [1.54, 1.807) is 31.5 Å². The molecule has 2 aromatic carbocycles. The number of ether oxygens (including phenoxy) is 2. The van der Waals surface area contributed by atoms with Crippen LogP contribution < -0.4 is 14.9 Å². The number of benzene rings is 2. The maximum Gasteiger partial charge on any atom is 0.161 e. The van der Waals surface area contributed by atoms with Crippen molar-refractivity contribution < 1.29 is 9.47 Å². The molecule has 0 aliphatic heterocycles. The van der Waals surface area contributed by atoms with E-state index in [0.29, 0.717) is 29.1 Å². The molecule has 0 bridgehead atoms. The number of halogens is 1. The van der Waals surface area contributed by atoms with Crippen LogP contribution in [-0.4, -0.2) is 18.3 Å². The molecule has 1 aromatic heterocycles. The fraction of sp³-hybridized carbons (Fsp3) is 0.100. The lowest BCUT2D eigenvalue weighted by Crippen LogP contribution is -1.98. The van der Waals surface area contributed by atoms with Crippen LogP contribution in [0.5, 0.6) is 11.5 Å². The molecular weight excluding hydrogens is 350 g/mol. The molecule has 0 unspecified atom stereocenters. The molecule has 3 rings (SSSR count). The second-order valence-corrected chi connectivity index (χ2v) is 5.79. The normalized spacial score (nSPS) is 10.7. The van der Waals surface area contributed by atoms with Gasteiger partial charge in [0.1, 0.15) is 17.6 Å². The molecular formula is C20H18ClN3O2. The molecule has 0 aliphatic rings. The summed E-state index contributed by atoms with van der Waals surface area (Å²) in [4.78, 5) is 4.10. The summed E-state index contributed by atoms with van der Waals surface area (Å²) in [7, 11) is 1.61. The van der Waals surface area contributed by atoms with Crippen molar-refractivity contribution in [1.29, 1.82) is 0 Å². The first kappa shape index (κ1) is 17.8. The largest absolute Gasteiger partial charge is 0.493 e. The third kappa shape index (κ3) is 4.97. The molecule has 1 heterocycles. The van der Waals surface area contributed by atoms with Crippen molar-refractivity contribution in [3.8, 4) is 11.5 Å². The number of hydrogen-bond acceptors (Lipinski definition) is 5. The topological polar surface area (TPSA) is 55.7 Å². The molecule has 0 radical (unpaired) electrons. The van der Waals surface area contributed by atoms with Crippen molar-refractivity contribution in [3.05, 3.63) is 83.0 Å². The Morgan fingerprint density at radius 3 is 2.65 bits per heavy atom. The Labute approximate surface area is 157 Å². The molecule has 0 fully saturated rings.